The van der Waals surface area contributed by atoms with E-state index in [2.05, 4.69) is 20.9 Å². The molecule has 50 heavy (non-hydrogen) atoms. The van der Waals surface area contributed by atoms with Gasteiger partial charge in [-0.15, -0.1) is 0 Å². The van der Waals surface area contributed by atoms with Crippen LogP contribution >= 0.6 is 0 Å². The van der Waals surface area contributed by atoms with Crippen molar-refractivity contribution in [2.75, 3.05) is 26.8 Å². The van der Waals surface area contributed by atoms with Crippen molar-refractivity contribution in [3.63, 3.8) is 0 Å². The van der Waals surface area contributed by atoms with Crippen LogP contribution in [-0.4, -0.2) is 90.6 Å². The standard InChI is InChI=1S/C40H70N4O6/c1-40(2,3)43-38(47)35-23-29-14-8-9-15-30(29)24-44(35)25-36(45)34(22-27-12-6-5-7-13-27)41-37(46)32-16-10-11-17-33(32)42-39(48)50-26-28-18-20-31(49-4)21-19-28/h27-36,45H,5-26H2,1-4H3,(H,41,46)(H,42,48)(H,43,47)/t28?,29?,30?,31?,32?,33?,34-,35-,36?/m0/s1. The number of aliphatic hydroxyl groups is 1. The van der Waals surface area contributed by atoms with Crippen LogP contribution in [0.5, 0.6) is 0 Å². The van der Waals surface area contributed by atoms with Gasteiger partial charge in [0.25, 0.3) is 0 Å². The van der Waals surface area contributed by atoms with E-state index in [4.69, 9.17) is 9.47 Å². The Bertz CT molecular complexity index is 1080. The Morgan fingerprint density at radius 3 is 2.16 bits per heavy atom. The van der Waals surface area contributed by atoms with Gasteiger partial charge in [-0.1, -0.05) is 64.2 Å². The fraction of sp³-hybridized carbons (Fsp3) is 0.925. The molecule has 286 valence electrons. The number of methoxy groups -OCH3 is 1. The molecule has 10 nitrogen and oxygen atoms in total. The number of β-amino-alcohol motifs (C(OH)–C–C–N with tert-alkyl or cyclic N) is 1. The zero-order valence-corrected chi connectivity index (χ0v) is 31.8. The van der Waals surface area contributed by atoms with Crippen molar-refractivity contribution in [1.82, 2.24) is 20.9 Å². The van der Waals surface area contributed by atoms with Gasteiger partial charge in [-0.25, -0.2) is 4.79 Å². The highest BCUT2D eigenvalue weighted by atomic mass is 16.5. The summed E-state index contributed by atoms with van der Waals surface area (Å²) in [5.74, 6) is 1.52. The average Bonchev–Trinajstić information content (AvgIpc) is 3.10. The topological polar surface area (TPSA) is 129 Å². The highest BCUT2D eigenvalue weighted by Crippen LogP contribution is 2.39. The number of rotatable bonds is 12. The zero-order chi connectivity index (χ0) is 35.7. The number of piperidine rings is 1. The van der Waals surface area contributed by atoms with Gasteiger partial charge in [-0.2, -0.15) is 0 Å². The van der Waals surface area contributed by atoms with E-state index in [0.717, 1.165) is 77.2 Å². The number of amides is 3. The molecule has 1 aliphatic heterocycles. The molecule has 4 saturated carbocycles. The summed E-state index contributed by atoms with van der Waals surface area (Å²) in [6.07, 6.45) is 18.7. The highest BCUT2D eigenvalue weighted by Gasteiger charge is 2.42. The maximum Gasteiger partial charge on any atom is 0.407 e. The number of nitrogens with one attached hydrogen (secondary N) is 3. The molecule has 5 fully saturated rings. The summed E-state index contributed by atoms with van der Waals surface area (Å²) >= 11 is 0. The third-order valence-corrected chi connectivity index (χ3v) is 12.8. The predicted molar refractivity (Wildman–Crippen MR) is 195 cm³/mol. The number of aliphatic hydroxyl groups excluding tert-OH is 1. The molecule has 0 aromatic rings. The largest absolute Gasteiger partial charge is 0.449 e. The molecular formula is C40H70N4O6. The van der Waals surface area contributed by atoms with Crippen molar-refractivity contribution < 1.29 is 29.0 Å². The molecule has 10 heteroatoms. The SMILES string of the molecule is COC1CCC(COC(=O)NC2CCCCC2C(=O)N[C@@H](CC2CCCCC2)C(O)CN2CC3CCCCC3C[C@H]2C(=O)NC(C)(C)C)CC1. The van der Waals surface area contributed by atoms with Gasteiger partial charge >= 0.3 is 6.09 Å². The molecule has 5 aliphatic rings. The van der Waals surface area contributed by atoms with Crippen LogP contribution in [-0.2, 0) is 19.1 Å². The molecule has 0 radical (unpaired) electrons. The number of carbonyl (C=O) groups is 3. The van der Waals surface area contributed by atoms with Crippen molar-refractivity contribution in [2.24, 2.45) is 29.6 Å². The number of likely N-dealkylation sites (tertiary alicyclic amines) is 1. The number of carbonyl (C=O) groups excluding carboxylic acids is 3. The predicted octanol–water partition coefficient (Wildman–Crippen LogP) is 6.09. The van der Waals surface area contributed by atoms with E-state index in [1.807, 2.05) is 20.8 Å². The quantitative estimate of drug-likeness (QED) is 0.194. The first-order valence-electron chi connectivity index (χ1n) is 20.5. The number of fused-ring (bicyclic) bond motifs is 1. The van der Waals surface area contributed by atoms with Gasteiger partial charge in [0.15, 0.2) is 0 Å². The number of ether oxygens (including phenoxy) is 2. The van der Waals surface area contributed by atoms with E-state index < -0.39 is 18.2 Å². The van der Waals surface area contributed by atoms with Gasteiger partial charge in [0.05, 0.1) is 36.8 Å². The Hall–Kier alpha value is -1.91. The highest BCUT2D eigenvalue weighted by molar-refractivity contribution is 5.82. The first kappa shape index (κ1) is 39.3. The molecular weight excluding hydrogens is 632 g/mol. The Labute approximate surface area is 302 Å². The average molecular weight is 703 g/mol. The van der Waals surface area contributed by atoms with E-state index in [-0.39, 0.29) is 35.4 Å². The molecule has 4 aliphatic carbocycles. The summed E-state index contributed by atoms with van der Waals surface area (Å²) < 4.78 is 11.2. The smallest absolute Gasteiger partial charge is 0.407 e. The Balaban J connectivity index is 1.23. The lowest BCUT2D eigenvalue weighted by Gasteiger charge is -2.47. The maximum atomic E-state index is 14.1. The number of alkyl carbamates (subject to hydrolysis) is 1. The summed E-state index contributed by atoms with van der Waals surface area (Å²) in [5.41, 5.74) is -0.330. The van der Waals surface area contributed by atoms with Crippen molar-refractivity contribution in [3.05, 3.63) is 0 Å². The summed E-state index contributed by atoms with van der Waals surface area (Å²) in [6.45, 7) is 7.65. The van der Waals surface area contributed by atoms with Crippen molar-refractivity contribution in [1.29, 1.82) is 0 Å². The van der Waals surface area contributed by atoms with Gasteiger partial charge in [0, 0.05) is 31.8 Å². The second-order valence-corrected chi connectivity index (χ2v) is 17.8. The lowest BCUT2D eigenvalue weighted by atomic mass is 9.72. The van der Waals surface area contributed by atoms with E-state index in [9.17, 15) is 19.5 Å². The van der Waals surface area contributed by atoms with E-state index in [0.29, 0.717) is 49.3 Å². The third kappa shape index (κ3) is 11.5. The van der Waals surface area contributed by atoms with Gasteiger partial charge in [-0.3, -0.25) is 14.5 Å². The Morgan fingerprint density at radius 1 is 0.800 bits per heavy atom. The number of hydrogen-bond acceptors (Lipinski definition) is 7. The first-order chi connectivity index (χ1) is 24.0. The fourth-order valence-corrected chi connectivity index (χ4v) is 9.92. The maximum absolute atomic E-state index is 14.1. The summed E-state index contributed by atoms with van der Waals surface area (Å²) in [5, 5.41) is 21.6. The summed E-state index contributed by atoms with van der Waals surface area (Å²) in [6, 6.07) is -0.969. The second kappa shape index (κ2) is 18.7. The lowest BCUT2D eigenvalue weighted by molar-refractivity contribution is -0.134. The third-order valence-electron chi connectivity index (χ3n) is 12.8. The van der Waals surface area contributed by atoms with Gasteiger partial charge in [-0.05, 0) is 102 Å². The second-order valence-electron chi connectivity index (χ2n) is 17.8. The molecule has 1 heterocycles. The van der Waals surface area contributed by atoms with Crippen molar-refractivity contribution in [3.8, 4) is 0 Å². The van der Waals surface area contributed by atoms with Crippen LogP contribution in [0.2, 0.25) is 0 Å². The van der Waals surface area contributed by atoms with Crippen molar-refractivity contribution in [2.45, 2.75) is 179 Å². The van der Waals surface area contributed by atoms with Gasteiger partial charge in [0.1, 0.15) is 0 Å². The van der Waals surface area contributed by atoms with Crippen LogP contribution < -0.4 is 16.0 Å². The molecule has 0 spiro atoms. The molecule has 0 aromatic heterocycles. The first-order valence-corrected chi connectivity index (χ1v) is 20.5. The van der Waals surface area contributed by atoms with E-state index in [1.54, 1.807) is 7.11 Å². The molecule has 0 bridgehead atoms. The minimum absolute atomic E-state index is 0.0484. The molecule has 1 saturated heterocycles. The fourth-order valence-electron chi connectivity index (χ4n) is 9.92. The van der Waals surface area contributed by atoms with Gasteiger partial charge in [0.2, 0.25) is 11.8 Å². The minimum atomic E-state index is -0.792. The number of nitrogens with zero attached hydrogens (tertiary/aromatic N) is 1. The van der Waals surface area contributed by atoms with Crippen LogP contribution in [0, 0.1) is 29.6 Å². The molecule has 0 aromatic carbocycles. The van der Waals surface area contributed by atoms with Crippen LogP contribution in [0.1, 0.15) is 143 Å². The van der Waals surface area contributed by atoms with Crippen molar-refractivity contribution >= 4 is 17.9 Å². The van der Waals surface area contributed by atoms with E-state index in [1.165, 1.54) is 44.9 Å². The van der Waals surface area contributed by atoms with Crippen LogP contribution in [0.4, 0.5) is 4.79 Å². The molecule has 3 amide bonds. The minimum Gasteiger partial charge on any atom is -0.449 e. The van der Waals surface area contributed by atoms with Crippen LogP contribution in [0.3, 0.4) is 0 Å². The normalized spacial score (nSPS) is 32.6. The monoisotopic (exact) mass is 703 g/mol. The Morgan fingerprint density at radius 2 is 1.46 bits per heavy atom. The molecule has 7 atom stereocenters. The van der Waals surface area contributed by atoms with Crippen LogP contribution in [0.15, 0.2) is 0 Å². The zero-order valence-electron chi connectivity index (χ0n) is 31.8. The molecule has 5 rings (SSSR count). The lowest BCUT2D eigenvalue weighted by Crippen LogP contribution is -2.60. The summed E-state index contributed by atoms with van der Waals surface area (Å²) in [7, 11) is 1.76. The van der Waals surface area contributed by atoms with Crippen LogP contribution in [0.25, 0.3) is 0 Å². The molecule has 4 N–H and O–H groups in total. The number of hydrogen-bond donors (Lipinski definition) is 4. The van der Waals surface area contributed by atoms with Gasteiger partial charge < -0.3 is 30.5 Å². The summed E-state index contributed by atoms with van der Waals surface area (Å²) in [4.78, 5) is 43.0. The molecule has 5 unspecified atom stereocenters. The van der Waals surface area contributed by atoms with E-state index >= 15 is 0 Å². The Kier molecular flexibility index (Phi) is 14.7.